The number of piperazine rings is 1. The number of carbonyl (C=O) groups is 2. The molecule has 3 fully saturated rings. The molecule has 6 nitrogen and oxygen atoms in total. The van der Waals surface area contributed by atoms with E-state index in [-0.39, 0.29) is 29.4 Å². The number of β-amino-alcohol motifs (C(OH)–C–C–N with tert-alkyl or cyclic N) is 1. The van der Waals surface area contributed by atoms with Crippen LogP contribution in [0, 0.1) is 5.41 Å². The molecule has 0 aromatic rings. The highest BCUT2D eigenvalue weighted by atomic mass is 16.3. The number of carbonyl (C=O) groups excluding carboxylic acids is 2. The Kier molecular flexibility index (Phi) is 4.41. The van der Waals surface area contributed by atoms with Gasteiger partial charge in [-0.25, -0.2) is 0 Å². The summed E-state index contributed by atoms with van der Waals surface area (Å²) in [5.74, 6) is 0.243. The van der Waals surface area contributed by atoms with E-state index in [1.54, 1.807) is 4.90 Å². The van der Waals surface area contributed by atoms with Gasteiger partial charge in [-0.3, -0.25) is 9.59 Å². The van der Waals surface area contributed by atoms with Crippen LogP contribution in [0.4, 0.5) is 0 Å². The highest BCUT2D eigenvalue weighted by molar-refractivity contribution is 5.82. The van der Waals surface area contributed by atoms with E-state index in [0.717, 1.165) is 38.9 Å². The maximum absolute atomic E-state index is 12.3. The third-order valence-corrected chi connectivity index (χ3v) is 5.56. The van der Waals surface area contributed by atoms with Crippen molar-refractivity contribution >= 4 is 11.8 Å². The molecule has 3 rings (SSSR count). The molecular formula is C16H27N3O3. The summed E-state index contributed by atoms with van der Waals surface area (Å²) in [6.45, 7) is 5.34. The van der Waals surface area contributed by atoms with Crippen LogP contribution >= 0.6 is 0 Å². The summed E-state index contributed by atoms with van der Waals surface area (Å²) >= 11 is 0. The molecule has 0 radical (unpaired) electrons. The third-order valence-electron chi connectivity index (χ3n) is 5.56. The van der Waals surface area contributed by atoms with Gasteiger partial charge in [0.25, 0.3) is 0 Å². The minimum absolute atomic E-state index is 0.114. The fraction of sp³-hybridized carbons (Fsp3) is 0.875. The van der Waals surface area contributed by atoms with Crippen molar-refractivity contribution in [1.29, 1.82) is 0 Å². The molecule has 2 heterocycles. The lowest BCUT2D eigenvalue weighted by atomic mass is 9.90. The molecule has 1 saturated carbocycles. The summed E-state index contributed by atoms with van der Waals surface area (Å²) in [4.78, 5) is 27.9. The van der Waals surface area contributed by atoms with Gasteiger partial charge in [0.15, 0.2) is 0 Å². The van der Waals surface area contributed by atoms with E-state index >= 15 is 0 Å². The Morgan fingerprint density at radius 3 is 2.82 bits per heavy atom. The SMILES string of the molecule is C[C@@H]1NCCN(CCCC(=O)N2CCC3(CC3)[C@H](O)C2)C1=O. The Labute approximate surface area is 131 Å². The number of nitrogens with zero attached hydrogens (tertiary/aromatic N) is 2. The summed E-state index contributed by atoms with van der Waals surface area (Å²) in [5.41, 5.74) is 0.139. The second-order valence-corrected chi connectivity index (χ2v) is 7.07. The molecule has 3 aliphatic rings. The van der Waals surface area contributed by atoms with Crippen LogP contribution < -0.4 is 5.32 Å². The van der Waals surface area contributed by atoms with Crippen LogP contribution in [0.1, 0.15) is 39.0 Å². The van der Waals surface area contributed by atoms with Crippen molar-refractivity contribution in [2.45, 2.75) is 51.2 Å². The predicted octanol–water partition coefficient (Wildman–Crippen LogP) is -0.0397. The Morgan fingerprint density at radius 2 is 2.14 bits per heavy atom. The largest absolute Gasteiger partial charge is 0.391 e. The zero-order valence-corrected chi connectivity index (χ0v) is 13.4. The highest BCUT2D eigenvalue weighted by Crippen LogP contribution is 2.53. The Balaban J connectivity index is 1.40. The van der Waals surface area contributed by atoms with Crippen molar-refractivity contribution in [2.75, 3.05) is 32.7 Å². The molecule has 0 bridgehead atoms. The average molecular weight is 309 g/mol. The van der Waals surface area contributed by atoms with Gasteiger partial charge in [0.05, 0.1) is 12.1 Å². The van der Waals surface area contributed by atoms with Crippen LogP contribution in [0.5, 0.6) is 0 Å². The smallest absolute Gasteiger partial charge is 0.239 e. The molecule has 2 saturated heterocycles. The van der Waals surface area contributed by atoms with Crippen molar-refractivity contribution in [3.63, 3.8) is 0 Å². The van der Waals surface area contributed by atoms with Crippen molar-refractivity contribution in [2.24, 2.45) is 5.41 Å². The van der Waals surface area contributed by atoms with E-state index in [0.29, 0.717) is 25.9 Å². The molecular weight excluding hydrogens is 282 g/mol. The van der Waals surface area contributed by atoms with E-state index in [4.69, 9.17) is 0 Å². The topological polar surface area (TPSA) is 72.9 Å². The minimum Gasteiger partial charge on any atom is -0.391 e. The molecule has 2 amide bonds. The zero-order valence-electron chi connectivity index (χ0n) is 13.4. The molecule has 2 aliphatic heterocycles. The Hall–Kier alpha value is -1.14. The summed E-state index contributed by atoms with van der Waals surface area (Å²) in [7, 11) is 0. The average Bonchev–Trinajstić information content (AvgIpc) is 3.27. The van der Waals surface area contributed by atoms with Gasteiger partial charge in [-0.05, 0) is 38.0 Å². The Morgan fingerprint density at radius 1 is 1.36 bits per heavy atom. The first-order chi connectivity index (χ1) is 10.5. The highest BCUT2D eigenvalue weighted by Gasteiger charge is 2.51. The first-order valence-corrected chi connectivity index (χ1v) is 8.50. The van der Waals surface area contributed by atoms with E-state index < -0.39 is 0 Å². The van der Waals surface area contributed by atoms with Gasteiger partial charge in [0, 0.05) is 39.1 Å². The van der Waals surface area contributed by atoms with Gasteiger partial charge in [0.2, 0.25) is 11.8 Å². The predicted molar refractivity (Wildman–Crippen MR) is 82.1 cm³/mol. The number of nitrogens with one attached hydrogen (secondary N) is 1. The first-order valence-electron chi connectivity index (χ1n) is 8.50. The molecule has 2 N–H and O–H groups in total. The van der Waals surface area contributed by atoms with Crippen LogP contribution in [0.15, 0.2) is 0 Å². The van der Waals surface area contributed by atoms with E-state index in [2.05, 4.69) is 5.32 Å². The number of piperidine rings is 1. The van der Waals surface area contributed by atoms with Crippen LogP contribution in [0.25, 0.3) is 0 Å². The first kappa shape index (κ1) is 15.7. The summed E-state index contributed by atoms with van der Waals surface area (Å²) in [5, 5.41) is 13.3. The number of hydrogen-bond acceptors (Lipinski definition) is 4. The molecule has 1 aliphatic carbocycles. The number of aliphatic hydroxyl groups is 1. The molecule has 0 unspecified atom stereocenters. The molecule has 2 atom stereocenters. The standard InChI is InChI=1S/C16H27N3O3/c1-12-15(22)18(10-7-17-12)8-2-3-14(21)19-9-6-16(4-5-16)13(20)11-19/h12-13,17,20H,2-11H2,1H3/t12-,13+/m0/s1. The quantitative estimate of drug-likeness (QED) is 0.764. The normalized spacial score (nSPS) is 30.7. The van der Waals surface area contributed by atoms with Gasteiger partial charge in [-0.15, -0.1) is 0 Å². The van der Waals surface area contributed by atoms with Crippen LogP contribution in [0.3, 0.4) is 0 Å². The van der Waals surface area contributed by atoms with Crippen LogP contribution in [0.2, 0.25) is 0 Å². The Bertz CT molecular complexity index is 450. The van der Waals surface area contributed by atoms with Crippen LogP contribution in [-0.2, 0) is 9.59 Å². The van der Waals surface area contributed by atoms with E-state index in [9.17, 15) is 14.7 Å². The van der Waals surface area contributed by atoms with Crippen molar-refractivity contribution in [3.05, 3.63) is 0 Å². The maximum Gasteiger partial charge on any atom is 0.239 e. The third kappa shape index (κ3) is 3.13. The van der Waals surface area contributed by atoms with E-state index in [1.165, 1.54) is 0 Å². The molecule has 0 aromatic carbocycles. The van der Waals surface area contributed by atoms with Gasteiger partial charge in [0.1, 0.15) is 0 Å². The molecule has 1 spiro atoms. The van der Waals surface area contributed by atoms with E-state index in [1.807, 2.05) is 11.8 Å². The van der Waals surface area contributed by atoms with Crippen LogP contribution in [-0.4, -0.2) is 71.6 Å². The summed E-state index contributed by atoms with van der Waals surface area (Å²) in [6, 6.07) is -0.114. The number of rotatable bonds is 4. The minimum atomic E-state index is -0.346. The summed E-state index contributed by atoms with van der Waals surface area (Å²) in [6.07, 6.45) is 3.98. The number of likely N-dealkylation sites (tertiary alicyclic amines) is 1. The number of amides is 2. The molecule has 6 heteroatoms. The number of hydrogen-bond donors (Lipinski definition) is 2. The van der Waals surface area contributed by atoms with Gasteiger partial charge in [-0.1, -0.05) is 0 Å². The lowest BCUT2D eigenvalue weighted by Gasteiger charge is -2.36. The zero-order chi connectivity index (χ0) is 15.7. The molecule has 0 aromatic heterocycles. The monoisotopic (exact) mass is 309 g/mol. The fourth-order valence-electron chi connectivity index (χ4n) is 3.68. The lowest BCUT2D eigenvalue weighted by Crippen LogP contribution is -2.53. The van der Waals surface area contributed by atoms with Gasteiger partial charge in [-0.2, -0.15) is 0 Å². The number of aliphatic hydroxyl groups excluding tert-OH is 1. The summed E-state index contributed by atoms with van der Waals surface area (Å²) < 4.78 is 0. The second-order valence-electron chi connectivity index (χ2n) is 7.07. The molecule has 124 valence electrons. The van der Waals surface area contributed by atoms with Crippen molar-refractivity contribution < 1.29 is 14.7 Å². The fourth-order valence-corrected chi connectivity index (χ4v) is 3.68. The molecule has 22 heavy (non-hydrogen) atoms. The lowest BCUT2D eigenvalue weighted by molar-refractivity contribution is -0.138. The van der Waals surface area contributed by atoms with Gasteiger partial charge >= 0.3 is 0 Å². The maximum atomic E-state index is 12.3. The van der Waals surface area contributed by atoms with Crippen molar-refractivity contribution in [3.8, 4) is 0 Å². The van der Waals surface area contributed by atoms with Gasteiger partial charge < -0.3 is 20.2 Å². The van der Waals surface area contributed by atoms with Crippen molar-refractivity contribution in [1.82, 2.24) is 15.1 Å². The second kappa shape index (κ2) is 6.16.